The van der Waals surface area contributed by atoms with Crippen LogP contribution in [0.15, 0.2) is 24.3 Å². The fourth-order valence-corrected chi connectivity index (χ4v) is 1.03. The zero-order chi connectivity index (χ0) is 11.3. The van der Waals surface area contributed by atoms with Crippen LogP contribution in [-0.4, -0.2) is 5.97 Å². The molecule has 81 valence electrons. The van der Waals surface area contributed by atoms with Gasteiger partial charge < -0.3 is 0 Å². The van der Waals surface area contributed by atoms with Crippen LogP contribution < -0.4 is 0 Å². The van der Waals surface area contributed by atoms with Crippen molar-refractivity contribution in [1.82, 2.24) is 0 Å². The van der Waals surface area contributed by atoms with E-state index < -0.39 is 5.97 Å². The highest BCUT2D eigenvalue weighted by molar-refractivity contribution is 5.90. The Morgan fingerprint density at radius 2 is 2.00 bits per heavy atom. The highest BCUT2D eigenvalue weighted by Crippen LogP contribution is 2.09. The quantitative estimate of drug-likeness (QED) is 0.562. The van der Waals surface area contributed by atoms with Gasteiger partial charge in [-0.05, 0) is 24.5 Å². The number of aryl methyl sites for hydroxylation is 1. The minimum atomic E-state index is -0.468. The first kappa shape index (κ1) is 11.7. The second-order valence-electron chi connectivity index (χ2n) is 3.66. The van der Waals surface area contributed by atoms with Gasteiger partial charge in [-0.1, -0.05) is 32.0 Å². The number of rotatable bonds is 4. The summed E-state index contributed by atoms with van der Waals surface area (Å²) in [6.07, 6.45) is 0. The minimum absolute atomic E-state index is 0.217. The van der Waals surface area contributed by atoms with Crippen molar-refractivity contribution in [2.75, 3.05) is 0 Å². The van der Waals surface area contributed by atoms with Crippen LogP contribution in [0.5, 0.6) is 0 Å². The fourth-order valence-electron chi connectivity index (χ4n) is 1.03. The second-order valence-corrected chi connectivity index (χ2v) is 3.66. The Labute approximate surface area is 89.9 Å². The van der Waals surface area contributed by atoms with E-state index in [0.29, 0.717) is 5.56 Å². The molecule has 1 rings (SSSR count). The van der Waals surface area contributed by atoms with Crippen LogP contribution in [0.4, 0.5) is 0 Å². The second kappa shape index (κ2) is 5.51. The maximum atomic E-state index is 11.5. The predicted molar refractivity (Wildman–Crippen MR) is 56.8 cm³/mol. The van der Waals surface area contributed by atoms with Gasteiger partial charge in [0.15, 0.2) is 0 Å². The molecule has 0 spiro atoms. The molecule has 0 saturated carbocycles. The van der Waals surface area contributed by atoms with Crippen LogP contribution in [0.25, 0.3) is 0 Å². The van der Waals surface area contributed by atoms with Gasteiger partial charge in [0, 0.05) is 0 Å². The Bertz CT molecular complexity index is 331. The van der Waals surface area contributed by atoms with Gasteiger partial charge in [-0.3, -0.25) is 4.89 Å². The van der Waals surface area contributed by atoms with Gasteiger partial charge in [-0.25, -0.2) is 4.79 Å². The summed E-state index contributed by atoms with van der Waals surface area (Å²) in [5, 5.41) is 0. The Hall–Kier alpha value is -1.35. The molecular formula is C12H15O3. The molecule has 15 heavy (non-hydrogen) atoms. The van der Waals surface area contributed by atoms with Crippen molar-refractivity contribution in [1.29, 1.82) is 0 Å². The summed E-state index contributed by atoms with van der Waals surface area (Å²) >= 11 is 0. The predicted octanol–water partition coefficient (Wildman–Crippen LogP) is 2.90. The molecule has 0 bridgehead atoms. The molecule has 0 atom stereocenters. The summed E-state index contributed by atoms with van der Waals surface area (Å²) < 4.78 is 0. The van der Waals surface area contributed by atoms with Crippen LogP contribution in [-0.2, 0) is 9.78 Å². The largest absolute Gasteiger partial charge is 0.373 e. The SMILES string of the molecule is Cc1ccccc1C(=O)OO[CH]C(C)C. The summed E-state index contributed by atoms with van der Waals surface area (Å²) in [6, 6.07) is 7.21. The lowest BCUT2D eigenvalue weighted by molar-refractivity contribution is -0.217. The molecule has 0 aromatic heterocycles. The lowest BCUT2D eigenvalue weighted by Crippen LogP contribution is -2.08. The van der Waals surface area contributed by atoms with E-state index in [4.69, 9.17) is 4.89 Å². The Balaban J connectivity index is 2.51. The third-order valence-electron chi connectivity index (χ3n) is 1.82. The molecule has 0 N–H and O–H groups in total. The van der Waals surface area contributed by atoms with E-state index >= 15 is 0 Å². The van der Waals surface area contributed by atoms with Gasteiger partial charge >= 0.3 is 5.97 Å². The van der Waals surface area contributed by atoms with Gasteiger partial charge in [-0.15, -0.1) is 0 Å². The highest BCUT2D eigenvalue weighted by atomic mass is 17.2. The van der Waals surface area contributed by atoms with E-state index in [9.17, 15) is 4.79 Å². The molecule has 3 nitrogen and oxygen atoms in total. The summed E-state index contributed by atoms with van der Waals surface area (Å²) in [5.41, 5.74) is 1.39. The minimum Gasteiger partial charge on any atom is -0.292 e. The van der Waals surface area contributed by atoms with Crippen molar-refractivity contribution in [3.05, 3.63) is 42.0 Å². The fraction of sp³-hybridized carbons (Fsp3) is 0.333. The van der Waals surface area contributed by atoms with Crippen LogP contribution in [0.2, 0.25) is 0 Å². The van der Waals surface area contributed by atoms with E-state index in [0.717, 1.165) is 5.56 Å². The Morgan fingerprint density at radius 1 is 1.33 bits per heavy atom. The van der Waals surface area contributed by atoms with E-state index in [1.54, 1.807) is 12.1 Å². The van der Waals surface area contributed by atoms with Crippen molar-refractivity contribution in [3.63, 3.8) is 0 Å². The van der Waals surface area contributed by atoms with Gasteiger partial charge in [0.2, 0.25) is 0 Å². The summed E-state index contributed by atoms with van der Waals surface area (Å²) in [4.78, 5) is 20.8. The monoisotopic (exact) mass is 207 g/mol. The van der Waals surface area contributed by atoms with Crippen molar-refractivity contribution < 1.29 is 14.6 Å². The molecule has 0 heterocycles. The van der Waals surface area contributed by atoms with Crippen LogP contribution in [0.1, 0.15) is 29.8 Å². The summed E-state index contributed by atoms with van der Waals surface area (Å²) in [6.45, 7) is 7.18. The lowest BCUT2D eigenvalue weighted by atomic mass is 10.1. The Kier molecular flexibility index (Phi) is 4.31. The molecule has 1 radical (unpaired) electrons. The van der Waals surface area contributed by atoms with Crippen LogP contribution in [0, 0.1) is 19.4 Å². The topological polar surface area (TPSA) is 35.5 Å². The number of hydrogen-bond acceptors (Lipinski definition) is 3. The molecule has 0 amide bonds. The summed E-state index contributed by atoms with van der Waals surface area (Å²) in [7, 11) is 0. The molecule has 0 unspecified atom stereocenters. The molecule has 0 saturated heterocycles. The highest BCUT2D eigenvalue weighted by Gasteiger charge is 2.10. The van der Waals surface area contributed by atoms with E-state index in [2.05, 4.69) is 4.89 Å². The third-order valence-corrected chi connectivity index (χ3v) is 1.82. The van der Waals surface area contributed by atoms with Crippen LogP contribution >= 0.6 is 0 Å². The maximum absolute atomic E-state index is 11.5. The first-order valence-corrected chi connectivity index (χ1v) is 4.88. The van der Waals surface area contributed by atoms with Gasteiger partial charge in [0.25, 0.3) is 0 Å². The van der Waals surface area contributed by atoms with E-state index in [1.165, 1.54) is 6.61 Å². The molecule has 1 aromatic carbocycles. The maximum Gasteiger partial charge on any atom is 0.373 e. The first-order chi connectivity index (χ1) is 7.11. The molecule has 0 aliphatic heterocycles. The van der Waals surface area contributed by atoms with Gasteiger partial charge in [0.05, 0.1) is 5.56 Å². The van der Waals surface area contributed by atoms with Crippen molar-refractivity contribution in [3.8, 4) is 0 Å². The normalized spacial score (nSPS) is 10.4. The van der Waals surface area contributed by atoms with E-state index in [-0.39, 0.29) is 5.92 Å². The van der Waals surface area contributed by atoms with E-state index in [1.807, 2.05) is 32.9 Å². The molecule has 0 aliphatic carbocycles. The molecular weight excluding hydrogens is 192 g/mol. The number of benzene rings is 1. The zero-order valence-electron chi connectivity index (χ0n) is 9.19. The Morgan fingerprint density at radius 3 is 2.60 bits per heavy atom. The summed E-state index contributed by atoms with van der Waals surface area (Å²) in [5.74, 6) is -0.250. The van der Waals surface area contributed by atoms with Crippen molar-refractivity contribution in [2.45, 2.75) is 20.8 Å². The number of carbonyl (C=O) groups excluding carboxylic acids is 1. The van der Waals surface area contributed by atoms with Gasteiger partial charge in [-0.2, -0.15) is 4.89 Å². The molecule has 0 fully saturated rings. The lowest BCUT2D eigenvalue weighted by Gasteiger charge is -2.06. The third kappa shape index (κ3) is 3.72. The average molecular weight is 207 g/mol. The standard InChI is InChI=1S/C12H15O3/c1-9(2)8-14-15-12(13)11-7-5-4-6-10(11)3/h4-9H,1-3H3. The average Bonchev–Trinajstić information content (AvgIpc) is 2.17. The molecule has 1 aromatic rings. The van der Waals surface area contributed by atoms with Crippen molar-refractivity contribution >= 4 is 5.97 Å². The van der Waals surface area contributed by atoms with Crippen LogP contribution in [0.3, 0.4) is 0 Å². The van der Waals surface area contributed by atoms with Crippen molar-refractivity contribution in [2.24, 2.45) is 5.92 Å². The molecule has 0 aliphatic rings. The smallest absolute Gasteiger partial charge is 0.292 e. The number of hydrogen-bond donors (Lipinski definition) is 0. The molecule has 3 heteroatoms. The first-order valence-electron chi connectivity index (χ1n) is 4.88. The zero-order valence-corrected chi connectivity index (χ0v) is 9.19. The number of carbonyl (C=O) groups is 1. The van der Waals surface area contributed by atoms with Gasteiger partial charge in [0.1, 0.15) is 6.61 Å².